The molecule has 2 rings (SSSR count). The van der Waals surface area contributed by atoms with E-state index in [9.17, 15) is 22.4 Å². The summed E-state index contributed by atoms with van der Waals surface area (Å²) in [6.45, 7) is 0. The number of hydrogen-bond donors (Lipinski definition) is 0. The average Bonchev–Trinajstić information content (AvgIpc) is 2.37. The van der Waals surface area contributed by atoms with Gasteiger partial charge in [0.25, 0.3) is 0 Å². The number of carbonyl (C=O) groups is 1. The number of nitrogens with zero attached hydrogens (tertiary/aromatic N) is 1. The van der Waals surface area contributed by atoms with E-state index >= 15 is 0 Å². The third kappa shape index (κ3) is 3.11. The molecule has 0 heterocycles. The molecule has 2 nitrogen and oxygen atoms in total. The Morgan fingerprint density at radius 1 is 1.20 bits per heavy atom. The van der Waals surface area contributed by atoms with E-state index in [1.165, 1.54) is 0 Å². The Labute approximate surface area is 114 Å². The van der Waals surface area contributed by atoms with Crippen LogP contribution in [0.3, 0.4) is 0 Å². The number of Topliss-reactive ketones (excluding diaryl/α,β-unsaturated/α-hetero) is 1. The maximum atomic E-state index is 13.9. The normalized spacial score (nSPS) is 17.4. The number of ketones is 1. The topological polar surface area (TPSA) is 20.3 Å². The SMILES string of the molecule is CN(c1ccc(C(F)(F)F)cc1F)C1CCC(=O)CC1. The Bertz CT molecular complexity index is 502. The molecule has 1 fully saturated rings. The van der Waals surface area contributed by atoms with E-state index in [4.69, 9.17) is 0 Å². The van der Waals surface area contributed by atoms with Crippen LogP contribution >= 0.6 is 0 Å². The number of benzene rings is 1. The van der Waals surface area contributed by atoms with Crippen LogP contribution in [0.5, 0.6) is 0 Å². The lowest BCUT2D eigenvalue weighted by Crippen LogP contribution is -2.35. The highest BCUT2D eigenvalue weighted by atomic mass is 19.4. The zero-order valence-electron chi connectivity index (χ0n) is 11.0. The fraction of sp³-hybridized carbons (Fsp3) is 0.500. The first-order valence-electron chi connectivity index (χ1n) is 6.40. The standard InChI is InChI=1S/C14H15F4NO/c1-19(10-3-5-11(20)6-4-10)13-7-2-9(8-12(13)15)14(16,17)18/h2,7-8,10H,3-6H2,1H3. The summed E-state index contributed by atoms with van der Waals surface area (Å²) >= 11 is 0. The van der Waals surface area contributed by atoms with Gasteiger partial charge in [-0.1, -0.05) is 0 Å². The molecule has 0 N–H and O–H groups in total. The van der Waals surface area contributed by atoms with Gasteiger partial charge in [-0.25, -0.2) is 4.39 Å². The summed E-state index contributed by atoms with van der Waals surface area (Å²) in [5.41, 5.74) is -0.858. The lowest BCUT2D eigenvalue weighted by molar-refractivity contribution is -0.137. The van der Waals surface area contributed by atoms with Gasteiger partial charge in [-0.2, -0.15) is 13.2 Å². The highest BCUT2D eigenvalue weighted by Gasteiger charge is 2.32. The van der Waals surface area contributed by atoms with E-state index in [-0.39, 0.29) is 17.5 Å². The molecule has 0 atom stereocenters. The van der Waals surface area contributed by atoms with Crippen LogP contribution in [-0.2, 0) is 11.0 Å². The van der Waals surface area contributed by atoms with Gasteiger partial charge < -0.3 is 4.90 Å². The minimum atomic E-state index is -4.55. The maximum absolute atomic E-state index is 13.9. The van der Waals surface area contributed by atoms with Gasteiger partial charge in [0, 0.05) is 25.9 Å². The first-order chi connectivity index (χ1) is 9.29. The zero-order chi connectivity index (χ0) is 14.9. The van der Waals surface area contributed by atoms with Gasteiger partial charge in [0.05, 0.1) is 11.3 Å². The van der Waals surface area contributed by atoms with Crippen molar-refractivity contribution in [2.75, 3.05) is 11.9 Å². The molecule has 6 heteroatoms. The quantitative estimate of drug-likeness (QED) is 0.772. The number of hydrogen-bond acceptors (Lipinski definition) is 2. The third-order valence-electron chi connectivity index (χ3n) is 3.72. The van der Waals surface area contributed by atoms with Crippen LogP contribution in [0, 0.1) is 5.82 Å². The Kier molecular flexibility index (Phi) is 4.01. The van der Waals surface area contributed by atoms with Gasteiger partial charge in [0.2, 0.25) is 0 Å². The monoisotopic (exact) mass is 289 g/mol. The van der Waals surface area contributed by atoms with E-state index in [1.807, 2.05) is 0 Å². The van der Waals surface area contributed by atoms with E-state index < -0.39 is 17.6 Å². The van der Waals surface area contributed by atoms with Crippen LogP contribution in [0.1, 0.15) is 31.2 Å². The van der Waals surface area contributed by atoms with Crippen molar-refractivity contribution in [3.8, 4) is 0 Å². The molecule has 1 aromatic carbocycles. The summed E-state index contributed by atoms with van der Waals surface area (Å²) in [6.07, 6.45) is -2.45. The molecule has 0 bridgehead atoms. The van der Waals surface area contributed by atoms with Crippen molar-refractivity contribution in [3.63, 3.8) is 0 Å². The van der Waals surface area contributed by atoms with Gasteiger partial charge in [-0.15, -0.1) is 0 Å². The van der Waals surface area contributed by atoms with Crippen molar-refractivity contribution in [2.24, 2.45) is 0 Å². The van der Waals surface area contributed by atoms with E-state index in [0.717, 1.165) is 12.1 Å². The fourth-order valence-corrected chi connectivity index (χ4v) is 2.48. The van der Waals surface area contributed by atoms with Gasteiger partial charge in [0.15, 0.2) is 0 Å². The Morgan fingerprint density at radius 3 is 2.30 bits per heavy atom. The van der Waals surface area contributed by atoms with Crippen molar-refractivity contribution >= 4 is 11.5 Å². The molecular weight excluding hydrogens is 274 g/mol. The van der Waals surface area contributed by atoms with Crippen molar-refractivity contribution in [2.45, 2.75) is 37.9 Å². The number of halogens is 4. The highest BCUT2D eigenvalue weighted by Crippen LogP contribution is 2.33. The summed E-state index contributed by atoms with van der Waals surface area (Å²) in [5, 5.41) is 0. The molecule has 110 valence electrons. The largest absolute Gasteiger partial charge is 0.416 e. The van der Waals surface area contributed by atoms with Crippen molar-refractivity contribution in [3.05, 3.63) is 29.6 Å². The molecule has 0 radical (unpaired) electrons. The Balaban J connectivity index is 2.18. The van der Waals surface area contributed by atoms with Gasteiger partial charge in [-0.3, -0.25) is 4.79 Å². The summed E-state index contributed by atoms with van der Waals surface area (Å²) in [6, 6.07) is 2.52. The second-order valence-electron chi connectivity index (χ2n) is 5.04. The molecule has 1 aliphatic carbocycles. The molecule has 1 aliphatic rings. The molecule has 0 spiro atoms. The van der Waals surface area contributed by atoms with E-state index in [0.29, 0.717) is 31.7 Å². The number of alkyl halides is 3. The van der Waals surface area contributed by atoms with Crippen molar-refractivity contribution in [1.82, 2.24) is 0 Å². The molecule has 0 saturated heterocycles. The maximum Gasteiger partial charge on any atom is 0.416 e. The van der Waals surface area contributed by atoms with Crippen LogP contribution in [-0.4, -0.2) is 18.9 Å². The molecule has 20 heavy (non-hydrogen) atoms. The van der Waals surface area contributed by atoms with Crippen molar-refractivity contribution < 1.29 is 22.4 Å². The number of anilines is 1. The second-order valence-corrected chi connectivity index (χ2v) is 5.04. The summed E-state index contributed by atoms with van der Waals surface area (Å²) in [7, 11) is 1.64. The van der Waals surface area contributed by atoms with E-state index in [1.54, 1.807) is 11.9 Å². The molecule has 0 aromatic heterocycles. The lowest BCUT2D eigenvalue weighted by atomic mass is 9.93. The Morgan fingerprint density at radius 2 is 1.80 bits per heavy atom. The number of rotatable bonds is 2. The predicted molar refractivity (Wildman–Crippen MR) is 67.1 cm³/mol. The van der Waals surface area contributed by atoms with Gasteiger partial charge >= 0.3 is 6.18 Å². The van der Waals surface area contributed by atoms with Crippen LogP contribution in [0.2, 0.25) is 0 Å². The minimum absolute atomic E-state index is 0.0149. The van der Waals surface area contributed by atoms with Gasteiger partial charge in [-0.05, 0) is 31.0 Å². The zero-order valence-corrected chi connectivity index (χ0v) is 11.0. The molecule has 0 unspecified atom stereocenters. The predicted octanol–water partition coefficient (Wildman–Crippen LogP) is 3.79. The van der Waals surface area contributed by atoms with Crippen molar-refractivity contribution in [1.29, 1.82) is 0 Å². The van der Waals surface area contributed by atoms with Crippen LogP contribution in [0.25, 0.3) is 0 Å². The minimum Gasteiger partial charge on any atom is -0.369 e. The first-order valence-corrected chi connectivity index (χ1v) is 6.40. The summed E-state index contributed by atoms with van der Waals surface area (Å²) < 4.78 is 51.3. The van der Waals surface area contributed by atoms with Gasteiger partial charge in [0.1, 0.15) is 11.6 Å². The van der Waals surface area contributed by atoms with Crippen LogP contribution < -0.4 is 4.90 Å². The molecule has 1 saturated carbocycles. The molecule has 0 amide bonds. The summed E-state index contributed by atoms with van der Waals surface area (Å²) in [5.74, 6) is -0.707. The number of carbonyl (C=O) groups excluding carboxylic acids is 1. The lowest BCUT2D eigenvalue weighted by Gasteiger charge is -2.32. The smallest absolute Gasteiger partial charge is 0.369 e. The second kappa shape index (κ2) is 5.42. The average molecular weight is 289 g/mol. The highest BCUT2D eigenvalue weighted by molar-refractivity contribution is 5.79. The van der Waals surface area contributed by atoms with Crippen LogP contribution in [0.4, 0.5) is 23.2 Å². The molecule has 0 aliphatic heterocycles. The first kappa shape index (κ1) is 14.8. The van der Waals surface area contributed by atoms with Crippen LogP contribution in [0.15, 0.2) is 18.2 Å². The third-order valence-corrected chi connectivity index (χ3v) is 3.72. The molecular formula is C14H15F4NO. The van der Waals surface area contributed by atoms with E-state index in [2.05, 4.69) is 0 Å². The fourth-order valence-electron chi connectivity index (χ4n) is 2.48. The molecule has 1 aromatic rings. The summed E-state index contributed by atoms with van der Waals surface area (Å²) in [4.78, 5) is 12.8. The Hall–Kier alpha value is -1.59.